The average Bonchev–Trinajstić information content (AvgIpc) is 3.34. The molecule has 2 amide bonds. The van der Waals surface area contributed by atoms with Gasteiger partial charge in [0.15, 0.2) is 0 Å². The smallest absolute Gasteiger partial charge is 0.326 e. The lowest BCUT2D eigenvalue weighted by Gasteiger charge is -2.35. The molecule has 1 aliphatic rings. The number of aromatic nitrogens is 2. The van der Waals surface area contributed by atoms with E-state index in [9.17, 15) is 9.18 Å². The van der Waals surface area contributed by atoms with Crippen LogP contribution in [0.4, 0.5) is 14.9 Å². The van der Waals surface area contributed by atoms with E-state index >= 15 is 0 Å². The maximum absolute atomic E-state index is 14.1. The van der Waals surface area contributed by atoms with Crippen LogP contribution in [0.2, 0.25) is 0 Å². The number of carbonyl (C=O) groups excluding carboxylic acids is 1. The van der Waals surface area contributed by atoms with Gasteiger partial charge >= 0.3 is 6.03 Å². The second-order valence-corrected chi connectivity index (χ2v) is 9.14. The Labute approximate surface area is 206 Å². The van der Waals surface area contributed by atoms with E-state index in [-0.39, 0.29) is 11.9 Å². The first-order valence-electron chi connectivity index (χ1n) is 11.1. The molecule has 176 valence electrons. The van der Waals surface area contributed by atoms with Crippen molar-refractivity contribution < 1.29 is 13.7 Å². The maximum atomic E-state index is 14.1. The SMILES string of the molecule is CSc1ccc(N2C(=O)NC(c3cccc(F)c3)C(c3nc(-c4cccc(C)c4)no3)=C2C)cc1. The van der Waals surface area contributed by atoms with Gasteiger partial charge in [-0.05, 0) is 68.1 Å². The third-order valence-corrected chi connectivity index (χ3v) is 6.67. The largest absolute Gasteiger partial charge is 0.334 e. The number of anilines is 1. The number of hydrogen-bond donors (Lipinski definition) is 1. The highest BCUT2D eigenvalue weighted by Gasteiger charge is 2.36. The fourth-order valence-electron chi connectivity index (χ4n) is 4.23. The van der Waals surface area contributed by atoms with Crippen LogP contribution in [0.3, 0.4) is 0 Å². The van der Waals surface area contributed by atoms with E-state index in [0.29, 0.717) is 28.3 Å². The molecule has 1 aliphatic heterocycles. The summed E-state index contributed by atoms with van der Waals surface area (Å²) < 4.78 is 19.8. The zero-order chi connectivity index (χ0) is 24.5. The van der Waals surface area contributed by atoms with Gasteiger partial charge in [-0.2, -0.15) is 4.98 Å². The quantitative estimate of drug-likeness (QED) is 0.322. The number of aryl methyl sites for hydroxylation is 1. The summed E-state index contributed by atoms with van der Waals surface area (Å²) in [6, 6.07) is 20.7. The minimum Gasteiger partial charge on any atom is -0.334 e. The maximum Gasteiger partial charge on any atom is 0.326 e. The first-order chi connectivity index (χ1) is 16.9. The van der Waals surface area contributed by atoms with Crippen LogP contribution in [-0.2, 0) is 0 Å². The molecular weight excluding hydrogens is 463 g/mol. The van der Waals surface area contributed by atoms with Crippen LogP contribution in [0.5, 0.6) is 0 Å². The van der Waals surface area contributed by atoms with Crippen molar-refractivity contribution in [3.05, 3.63) is 101 Å². The molecule has 3 aromatic carbocycles. The molecular formula is C27H23FN4O2S. The van der Waals surface area contributed by atoms with Crippen molar-refractivity contribution in [1.82, 2.24) is 15.5 Å². The van der Waals surface area contributed by atoms with Crippen molar-refractivity contribution in [2.45, 2.75) is 24.8 Å². The summed E-state index contributed by atoms with van der Waals surface area (Å²) in [5.41, 5.74) is 4.42. The van der Waals surface area contributed by atoms with Crippen LogP contribution in [0.1, 0.15) is 30.0 Å². The summed E-state index contributed by atoms with van der Waals surface area (Å²) in [5.74, 6) is 0.309. The number of benzene rings is 3. The van der Waals surface area contributed by atoms with E-state index in [0.717, 1.165) is 16.0 Å². The number of carbonyl (C=O) groups is 1. The topological polar surface area (TPSA) is 71.3 Å². The zero-order valence-electron chi connectivity index (χ0n) is 19.4. The molecule has 6 nitrogen and oxygen atoms in total. The Balaban J connectivity index is 1.65. The summed E-state index contributed by atoms with van der Waals surface area (Å²) in [5, 5.41) is 7.20. The first kappa shape index (κ1) is 22.9. The molecule has 4 aromatic rings. The van der Waals surface area contributed by atoms with Crippen LogP contribution in [0.15, 0.2) is 87.9 Å². The van der Waals surface area contributed by atoms with Crippen molar-refractivity contribution in [3.63, 3.8) is 0 Å². The first-order valence-corrected chi connectivity index (χ1v) is 12.3. The molecule has 0 fully saturated rings. The fourth-order valence-corrected chi connectivity index (χ4v) is 4.64. The van der Waals surface area contributed by atoms with Crippen LogP contribution in [-0.4, -0.2) is 22.4 Å². The molecule has 2 heterocycles. The number of nitrogens with zero attached hydrogens (tertiary/aromatic N) is 3. The number of thioether (sulfide) groups is 1. The Hall–Kier alpha value is -3.91. The molecule has 0 saturated heterocycles. The number of allylic oxidation sites excluding steroid dienone is 1. The van der Waals surface area contributed by atoms with Gasteiger partial charge < -0.3 is 9.84 Å². The second kappa shape index (κ2) is 9.38. The number of rotatable bonds is 5. The van der Waals surface area contributed by atoms with Gasteiger partial charge in [-0.1, -0.05) is 41.1 Å². The van der Waals surface area contributed by atoms with Gasteiger partial charge in [-0.15, -0.1) is 11.8 Å². The Morgan fingerprint density at radius 2 is 1.80 bits per heavy atom. The lowest BCUT2D eigenvalue weighted by molar-refractivity contribution is 0.244. The molecule has 0 spiro atoms. The number of amides is 2. The predicted molar refractivity (Wildman–Crippen MR) is 135 cm³/mol. The van der Waals surface area contributed by atoms with Gasteiger partial charge in [0.1, 0.15) is 5.82 Å². The van der Waals surface area contributed by atoms with Gasteiger partial charge in [-0.25, -0.2) is 9.18 Å². The highest BCUT2D eigenvalue weighted by Crippen LogP contribution is 2.39. The zero-order valence-corrected chi connectivity index (χ0v) is 20.3. The lowest BCUT2D eigenvalue weighted by atomic mass is 9.94. The molecule has 8 heteroatoms. The van der Waals surface area contributed by atoms with Crippen molar-refractivity contribution >= 4 is 29.1 Å². The Morgan fingerprint density at radius 3 is 2.51 bits per heavy atom. The number of urea groups is 1. The summed E-state index contributed by atoms with van der Waals surface area (Å²) in [7, 11) is 0. The van der Waals surface area contributed by atoms with Gasteiger partial charge in [0.05, 0.1) is 17.3 Å². The molecule has 1 aromatic heterocycles. The van der Waals surface area contributed by atoms with Gasteiger partial charge in [0.2, 0.25) is 5.82 Å². The molecule has 35 heavy (non-hydrogen) atoms. The number of nitrogens with one attached hydrogen (secondary N) is 1. The second-order valence-electron chi connectivity index (χ2n) is 8.26. The highest BCUT2D eigenvalue weighted by molar-refractivity contribution is 7.98. The Kier molecular flexibility index (Phi) is 6.13. The van der Waals surface area contributed by atoms with Gasteiger partial charge in [0.25, 0.3) is 5.89 Å². The monoisotopic (exact) mass is 486 g/mol. The van der Waals surface area contributed by atoms with Gasteiger partial charge in [-0.3, -0.25) is 4.90 Å². The van der Waals surface area contributed by atoms with Crippen LogP contribution in [0, 0.1) is 12.7 Å². The Bertz CT molecular complexity index is 1430. The van der Waals surface area contributed by atoms with Crippen molar-refractivity contribution in [2.75, 3.05) is 11.2 Å². The predicted octanol–water partition coefficient (Wildman–Crippen LogP) is 6.61. The molecule has 0 saturated carbocycles. The minimum absolute atomic E-state index is 0.263. The summed E-state index contributed by atoms with van der Waals surface area (Å²) in [4.78, 5) is 20.6. The lowest BCUT2D eigenvalue weighted by Crippen LogP contribution is -2.46. The van der Waals surface area contributed by atoms with E-state index in [1.165, 1.54) is 12.1 Å². The van der Waals surface area contributed by atoms with Crippen LogP contribution in [0.25, 0.3) is 17.0 Å². The minimum atomic E-state index is -0.661. The summed E-state index contributed by atoms with van der Waals surface area (Å²) >= 11 is 1.62. The molecule has 1 unspecified atom stereocenters. The van der Waals surface area contributed by atoms with Crippen LogP contribution < -0.4 is 10.2 Å². The number of halogens is 1. The molecule has 1 atom stereocenters. The fraction of sp³-hybridized carbons (Fsp3) is 0.148. The van der Waals surface area contributed by atoms with Crippen molar-refractivity contribution in [3.8, 4) is 11.4 Å². The normalized spacial score (nSPS) is 15.9. The molecule has 5 rings (SSSR count). The van der Waals surface area contributed by atoms with Crippen molar-refractivity contribution in [2.24, 2.45) is 0 Å². The number of hydrogen-bond acceptors (Lipinski definition) is 5. The Morgan fingerprint density at radius 1 is 1.03 bits per heavy atom. The summed E-state index contributed by atoms with van der Waals surface area (Å²) in [6.45, 7) is 3.83. The van der Waals surface area contributed by atoms with E-state index in [1.54, 1.807) is 28.8 Å². The summed E-state index contributed by atoms with van der Waals surface area (Å²) in [6.07, 6.45) is 2.00. The van der Waals surface area contributed by atoms with E-state index < -0.39 is 11.9 Å². The standard InChI is InChI=1S/C27H23FN4O2S/c1-16-6-4-8-19(14-16)25-30-26(34-31-25)23-17(2)32(21-10-12-22(35-3)13-11-21)27(33)29-24(23)18-7-5-9-20(28)15-18/h4-15,24H,1-3H3,(H,29,33). The average molecular weight is 487 g/mol. The van der Waals surface area contributed by atoms with E-state index in [2.05, 4.69) is 15.5 Å². The molecule has 0 aliphatic carbocycles. The molecule has 0 bridgehead atoms. The van der Waals surface area contributed by atoms with Crippen LogP contribution >= 0.6 is 11.8 Å². The van der Waals surface area contributed by atoms with E-state index in [1.807, 2.05) is 68.6 Å². The van der Waals surface area contributed by atoms with Crippen molar-refractivity contribution in [1.29, 1.82) is 0 Å². The third-order valence-electron chi connectivity index (χ3n) is 5.93. The molecule has 0 radical (unpaired) electrons. The third kappa shape index (κ3) is 4.44. The van der Waals surface area contributed by atoms with Gasteiger partial charge in [0, 0.05) is 16.2 Å². The van der Waals surface area contributed by atoms with E-state index in [4.69, 9.17) is 4.52 Å². The molecule has 1 N–H and O–H groups in total. The highest BCUT2D eigenvalue weighted by atomic mass is 32.2.